The van der Waals surface area contributed by atoms with Crippen LogP contribution in [0.15, 0.2) is 23.4 Å². The number of aromatic nitrogens is 1. The molecule has 0 aliphatic carbocycles. The van der Waals surface area contributed by atoms with Gasteiger partial charge in [-0.15, -0.1) is 0 Å². The molecule has 1 N–H and O–H groups in total. The maximum Gasteiger partial charge on any atom is 0.316 e. The van der Waals surface area contributed by atoms with Crippen molar-refractivity contribution >= 4 is 17.7 Å². The topological polar surface area (TPSA) is 51.2 Å². The van der Waals surface area contributed by atoms with E-state index in [1.165, 1.54) is 18.9 Å². The third-order valence-electron chi connectivity index (χ3n) is 2.27. The zero-order valence-corrected chi connectivity index (χ0v) is 11.9. The number of carbonyl (C=O) groups is 1. The third kappa shape index (κ3) is 5.51. The summed E-state index contributed by atoms with van der Waals surface area (Å²) in [5.74, 6) is 0.685. The SMILES string of the molecule is COC(=O)CSc1ncccc1CNCC(C)C. The highest BCUT2D eigenvalue weighted by molar-refractivity contribution is 7.99. The number of hydrogen-bond acceptors (Lipinski definition) is 5. The fourth-order valence-electron chi connectivity index (χ4n) is 1.37. The predicted molar refractivity (Wildman–Crippen MR) is 73.5 cm³/mol. The molecule has 1 heterocycles. The Kier molecular flexibility index (Phi) is 6.75. The Hall–Kier alpha value is -1.07. The molecule has 1 aromatic rings. The molecular weight excluding hydrogens is 248 g/mol. The van der Waals surface area contributed by atoms with E-state index in [-0.39, 0.29) is 5.97 Å². The molecular formula is C13H20N2O2S. The third-order valence-corrected chi connectivity index (χ3v) is 3.29. The molecule has 0 unspecified atom stereocenters. The van der Waals surface area contributed by atoms with E-state index in [9.17, 15) is 4.79 Å². The van der Waals surface area contributed by atoms with Crippen molar-refractivity contribution in [2.24, 2.45) is 5.92 Å². The monoisotopic (exact) mass is 268 g/mol. The molecule has 0 spiro atoms. The van der Waals surface area contributed by atoms with E-state index in [1.54, 1.807) is 6.20 Å². The lowest BCUT2D eigenvalue weighted by Gasteiger charge is -2.10. The Morgan fingerprint density at radius 3 is 3.00 bits per heavy atom. The number of nitrogens with zero attached hydrogens (tertiary/aromatic N) is 1. The first-order chi connectivity index (χ1) is 8.63. The largest absolute Gasteiger partial charge is 0.468 e. The standard InChI is InChI=1S/C13H20N2O2S/c1-10(2)7-14-8-11-5-4-6-15-13(11)18-9-12(16)17-3/h4-6,10,14H,7-9H2,1-3H3. The Morgan fingerprint density at radius 2 is 2.33 bits per heavy atom. The summed E-state index contributed by atoms with van der Waals surface area (Å²) in [6, 6.07) is 3.94. The van der Waals surface area contributed by atoms with Gasteiger partial charge >= 0.3 is 5.97 Å². The molecule has 100 valence electrons. The van der Waals surface area contributed by atoms with Gasteiger partial charge in [-0.2, -0.15) is 0 Å². The van der Waals surface area contributed by atoms with Crippen LogP contribution in [0, 0.1) is 5.92 Å². The lowest BCUT2D eigenvalue weighted by molar-refractivity contribution is -0.137. The summed E-state index contributed by atoms with van der Waals surface area (Å²) in [5.41, 5.74) is 1.12. The average Bonchev–Trinajstić information content (AvgIpc) is 2.36. The lowest BCUT2D eigenvalue weighted by Crippen LogP contribution is -2.19. The number of thioether (sulfide) groups is 1. The van der Waals surface area contributed by atoms with Gasteiger partial charge in [0, 0.05) is 12.7 Å². The van der Waals surface area contributed by atoms with Crippen LogP contribution in [0.25, 0.3) is 0 Å². The Bertz CT molecular complexity index is 383. The average molecular weight is 268 g/mol. The predicted octanol–water partition coefficient (Wildman–Crippen LogP) is 2.09. The number of pyridine rings is 1. The van der Waals surface area contributed by atoms with Gasteiger partial charge in [0.05, 0.1) is 12.9 Å². The van der Waals surface area contributed by atoms with E-state index in [4.69, 9.17) is 0 Å². The van der Waals surface area contributed by atoms with Crippen LogP contribution in [0.2, 0.25) is 0 Å². The van der Waals surface area contributed by atoms with Crippen LogP contribution in [-0.2, 0) is 16.1 Å². The number of ether oxygens (including phenoxy) is 1. The van der Waals surface area contributed by atoms with Gasteiger partial charge in [-0.3, -0.25) is 4.79 Å². The maximum absolute atomic E-state index is 11.1. The summed E-state index contributed by atoms with van der Waals surface area (Å²) in [7, 11) is 1.40. The van der Waals surface area contributed by atoms with Crippen LogP contribution in [0.5, 0.6) is 0 Å². The fraction of sp³-hybridized carbons (Fsp3) is 0.538. The molecule has 18 heavy (non-hydrogen) atoms. The molecule has 0 aromatic carbocycles. The Labute approximate surface area is 113 Å². The van der Waals surface area contributed by atoms with E-state index in [1.807, 2.05) is 12.1 Å². The van der Waals surface area contributed by atoms with Gasteiger partial charge < -0.3 is 10.1 Å². The normalized spacial score (nSPS) is 10.7. The van der Waals surface area contributed by atoms with Crippen LogP contribution in [0.4, 0.5) is 0 Å². The van der Waals surface area contributed by atoms with E-state index in [0.29, 0.717) is 11.7 Å². The first-order valence-corrected chi connectivity index (χ1v) is 6.96. The molecule has 0 aliphatic rings. The fourth-order valence-corrected chi connectivity index (χ4v) is 2.20. The van der Waals surface area contributed by atoms with E-state index in [0.717, 1.165) is 23.7 Å². The second kappa shape index (κ2) is 8.11. The minimum absolute atomic E-state index is 0.230. The molecule has 0 fully saturated rings. The second-order valence-corrected chi connectivity index (χ2v) is 5.32. The van der Waals surface area contributed by atoms with Gasteiger partial charge in [0.25, 0.3) is 0 Å². The molecule has 4 nitrogen and oxygen atoms in total. The summed E-state index contributed by atoms with van der Waals surface area (Å²) < 4.78 is 4.62. The van der Waals surface area contributed by atoms with Gasteiger partial charge in [-0.05, 0) is 24.1 Å². The van der Waals surface area contributed by atoms with E-state index < -0.39 is 0 Å². The molecule has 0 aliphatic heterocycles. The smallest absolute Gasteiger partial charge is 0.316 e. The highest BCUT2D eigenvalue weighted by Gasteiger charge is 2.07. The number of methoxy groups -OCH3 is 1. The molecule has 0 radical (unpaired) electrons. The molecule has 0 atom stereocenters. The van der Waals surface area contributed by atoms with Crippen LogP contribution >= 0.6 is 11.8 Å². The van der Waals surface area contributed by atoms with Crippen LogP contribution in [0.1, 0.15) is 19.4 Å². The number of rotatable bonds is 7. The van der Waals surface area contributed by atoms with Crippen LogP contribution in [0.3, 0.4) is 0 Å². The van der Waals surface area contributed by atoms with E-state index in [2.05, 4.69) is 28.9 Å². The van der Waals surface area contributed by atoms with Crippen molar-refractivity contribution in [1.29, 1.82) is 0 Å². The van der Waals surface area contributed by atoms with Crippen LogP contribution < -0.4 is 5.32 Å². The molecule has 1 aromatic heterocycles. The maximum atomic E-state index is 11.1. The van der Waals surface area contributed by atoms with E-state index >= 15 is 0 Å². The zero-order valence-electron chi connectivity index (χ0n) is 11.1. The lowest BCUT2D eigenvalue weighted by atomic mass is 10.2. The summed E-state index contributed by atoms with van der Waals surface area (Å²) in [6.45, 7) is 6.08. The van der Waals surface area contributed by atoms with Gasteiger partial charge in [-0.25, -0.2) is 4.98 Å². The Balaban J connectivity index is 2.53. The molecule has 1 rings (SSSR count). The molecule has 0 saturated carbocycles. The highest BCUT2D eigenvalue weighted by Crippen LogP contribution is 2.19. The summed E-state index contributed by atoms with van der Waals surface area (Å²) in [5, 5.41) is 4.26. The minimum Gasteiger partial charge on any atom is -0.468 e. The van der Waals surface area contributed by atoms with Crippen molar-refractivity contribution in [3.8, 4) is 0 Å². The number of esters is 1. The van der Waals surface area contributed by atoms with Crippen molar-refractivity contribution in [2.75, 3.05) is 19.4 Å². The zero-order chi connectivity index (χ0) is 13.4. The first kappa shape index (κ1) is 15.0. The second-order valence-electron chi connectivity index (χ2n) is 4.36. The highest BCUT2D eigenvalue weighted by atomic mass is 32.2. The molecule has 0 bridgehead atoms. The van der Waals surface area contributed by atoms with Gasteiger partial charge in [0.15, 0.2) is 0 Å². The number of carbonyl (C=O) groups excluding carboxylic acids is 1. The summed E-state index contributed by atoms with van der Waals surface area (Å²) in [6.07, 6.45) is 1.74. The van der Waals surface area contributed by atoms with Crippen LogP contribution in [-0.4, -0.2) is 30.4 Å². The van der Waals surface area contributed by atoms with Crippen molar-refractivity contribution in [3.05, 3.63) is 23.9 Å². The molecule has 0 saturated heterocycles. The molecule has 5 heteroatoms. The number of nitrogens with one attached hydrogen (secondary N) is 1. The number of hydrogen-bond donors (Lipinski definition) is 1. The van der Waals surface area contributed by atoms with Gasteiger partial charge in [0.1, 0.15) is 5.03 Å². The van der Waals surface area contributed by atoms with Crippen molar-refractivity contribution in [3.63, 3.8) is 0 Å². The van der Waals surface area contributed by atoms with Crippen molar-refractivity contribution < 1.29 is 9.53 Å². The van der Waals surface area contributed by atoms with Crippen molar-refractivity contribution in [1.82, 2.24) is 10.3 Å². The quantitative estimate of drug-likeness (QED) is 0.606. The summed E-state index contributed by atoms with van der Waals surface area (Å²) in [4.78, 5) is 15.4. The van der Waals surface area contributed by atoms with Crippen molar-refractivity contribution in [2.45, 2.75) is 25.4 Å². The first-order valence-electron chi connectivity index (χ1n) is 5.97. The molecule has 0 amide bonds. The van der Waals surface area contributed by atoms with Gasteiger partial charge in [-0.1, -0.05) is 31.7 Å². The minimum atomic E-state index is -0.230. The Morgan fingerprint density at radius 1 is 1.56 bits per heavy atom. The van der Waals surface area contributed by atoms with Gasteiger partial charge in [0.2, 0.25) is 0 Å². The summed E-state index contributed by atoms with van der Waals surface area (Å²) >= 11 is 1.41.